The van der Waals surface area contributed by atoms with E-state index in [0.29, 0.717) is 10.0 Å². The van der Waals surface area contributed by atoms with Crippen LogP contribution in [0.5, 0.6) is 0 Å². The summed E-state index contributed by atoms with van der Waals surface area (Å²) in [6, 6.07) is 9.66. The average Bonchev–Trinajstić information content (AvgIpc) is 2.40. The van der Waals surface area contributed by atoms with Crippen LogP contribution in [-0.2, 0) is 6.54 Å². The van der Waals surface area contributed by atoms with Gasteiger partial charge in [0.25, 0.3) is 5.91 Å². The number of rotatable bonds is 3. The molecule has 2 nitrogen and oxygen atoms in total. The second-order valence-electron chi connectivity index (χ2n) is 4.54. The number of hydrogen-bond acceptors (Lipinski definition) is 1. The zero-order valence-electron chi connectivity index (χ0n) is 11.0. The van der Waals surface area contributed by atoms with E-state index >= 15 is 0 Å². The Morgan fingerprint density at radius 1 is 1.24 bits per heavy atom. The number of amides is 1. The predicted octanol–water partition coefficient (Wildman–Crippen LogP) is 5.17. The molecule has 0 radical (unpaired) electrons. The molecule has 2 rings (SSSR count). The molecule has 0 aliphatic heterocycles. The standard InChI is InChI=1S/C15H11BrCl2FNO/c1-20(8-9-5-10(17)7-11(18)6-9)15(21)12-3-2-4-13(16)14(12)19/h2-7H,8H2,1H3. The van der Waals surface area contributed by atoms with Crippen LogP contribution in [0.2, 0.25) is 10.0 Å². The Labute approximate surface area is 140 Å². The highest BCUT2D eigenvalue weighted by atomic mass is 79.9. The van der Waals surface area contributed by atoms with Crippen molar-refractivity contribution in [2.24, 2.45) is 0 Å². The summed E-state index contributed by atoms with van der Waals surface area (Å²) < 4.78 is 14.2. The predicted molar refractivity (Wildman–Crippen MR) is 86.4 cm³/mol. The highest BCUT2D eigenvalue weighted by Crippen LogP contribution is 2.22. The molecular weight excluding hydrogens is 380 g/mol. The summed E-state index contributed by atoms with van der Waals surface area (Å²) in [5, 5.41) is 0.985. The van der Waals surface area contributed by atoms with Gasteiger partial charge in [0.2, 0.25) is 0 Å². The van der Waals surface area contributed by atoms with E-state index in [1.165, 1.54) is 11.0 Å². The molecule has 0 bridgehead atoms. The minimum Gasteiger partial charge on any atom is -0.337 e. The van der Waals surface area contributed by atoms with Gasteiger partial charge in [-0.3, -0.25) is 4.79 Å². The van der Waals surface area contributed by atoms with Gasteiger partial charge >= 0.3 is 0 Å². The highest BCUT2D eigenvalue weighted by Gasteiger charge is 2.18. The summed E-state index contributed by atoms with van der Waals surface area (Å²) in [4.78, 5) is 13.7. The van der Waals surface area contributed by atoms with Crippen LogP contribution in [0.4, 0.5) is 4.39 Å². The van der Waals surface area contributed by atoms with Crippen LogP contribution in [0.15, 0.2) is 40.9 Å². The number of carbonyl (C=O) groups is 1. The Morgan fingerprint density at radius 3 is 2.48 bits per heavy atom. The van der Waals surface area contributed by atoms with Crippen LogP contribution < -0.4 is 0 Å². The first-order chi connectivity index (χ1) is 9.88. The van der Waals surface area contributed by atoms with Gasteiger partial charge in [0.15, 0.2) is 0 Å². The van der Waals surface area contributed by atoms with Gasteiger partial charge in [0.05, 0.1) is 10.0 Å². The lowest BCUT2D eigenvalue weighted by atomic mass is 10.1. The summed E-state index contributed by atoms with van der Waals surface area (Å²) in [6.45, 7) is 0.283. The fourth-order valence-corrected chi connectivity index (χ4v) is 2.86. The summed E-state index contributed by atoms with van der Waals surface area (Å²) in [5.41, 5.74) is 0.791. The molecule has 2 aromatic rings. The molecule has 0 heterocycles. The molecule has 110 valence electrons. The van der Waals surface area contributed by atoms with Crippen molar-refractivity contribution in [3.8, 4) is 0 Å². The van der Waals surface area contributed by atoms with E-state index in [0.717, 1.165) is 5.56 Å². The van der Waals surface area contributed by atoms with E-state index in [-0.39, 0.29) is 16.6 Å². The second kappa shape index (κ2) is 6.77. The fourth-order valence-electron chi connectivity index (χ4n) is 1.92. The van der Waals surface area contributed by atoms with Crippen molar-refractivity contribution in [3.05, 3.63) is 67.9 Å². The quantitative estimate of drug-likeness (QED) is 0.708. The zero-order valence-corrected chi connectivity index (χ0v) is 14.1. The SMILES string of the molecule is CN(Cc1cc(Cl)cc(Cl)c1)C(=O)c1cccc(Br)c1F. The van der Waals surface area contributed by atoms with E-state index in [9.17, 15) is 9.18 Å². The maximum atomic E-state index is 13.9. The van der Waals surface area contributed by atoms with Gasteiger partial charge in [-0.15, -0.1) is 0 Å². The monoisotopic (exact) mass is 389 g/mol. The number of carbonyl (C=O) groups excluding carboxylic acids is 1. The van der Waals surface area contributed by atoms with Gasteiger partial charge in [0.1, 0.15) is 5.82 Å². The largest absolute Gasteiger partial charge is 0.337 e. The Bertz CT molecular complexity index is 673. The summed E-state index contributed by atoms with van der Waals surface area (Å²) >= 11 is 14.9. The number of nitrogens with zero attached hydrogens (tertiary/aromatic N) is 1. The van der Waals surface area contributed by atoms with Crippen LogP contribution in [0, 0.1) is 5.82 Å². The molecule has 6 heteroatoms. The number of hydrogen-bond donors (Lipinski definition) is 0. The average molecular weight is 391 g/mol. The van der Waals surface area contributed by atoms with Gasteiger partial charge < -0.3 is 4.90 Å². The first kappa shape index (κ1) is 16.3. The first-order valence-corrected chi connectivity index (χ1v) is 7.58. The molecule has 1 amide bonds. The van der Waals surface area contributed by atoms with Crippen molar-refractivity contribution >= 4 is 45.0 Å². The molecular formula is C15H11BrCl2FNO. The smallest absolute Gasteiger partial charge is 0.256 e. The zero-order chi connectivity index (χ0) is 15.6. The molecule has 0 saturated carbocycles. The van der Waals surface area contributed by atoms with Crippen molar-refractivity contribution in [2.45, 2.75) is 6.54 Å². The summed E-state index contributed by atoms with van der Waals surface area (Å²) in [7, 11) is 1.59. The van der Waals surface area contributed by atoms with Crippen molar-refractivity contribution in [2.75, 3.05) is 7.05 Å². The third-order valence-electron chi connectivity index (χ3n) is 2.87. The van der Waals surface area contributed by atoms with Crippen LogP contribution in [-0.4, -0.2) is 17.9 Å². The highest BCUT2D eigenvalue weighted by molar-refractivity contribution is 9.10. The van der Waals surface area contributed by atoms with E-state index in [4.69, 9.17) is 23.2 Å². The summed E-state index contributed by atoms with van der Waals surface area (Å²) in [6.07, 6.45) is 0. The van der Waals surface area contributed by atoms with Crippen molar-refractivity contribution in [3.63, 3.8) is 0 Å². The molecule has 0 N–H and O–H groups in total. The topological polar surface area (TPSA) is 20.3 Å². The molecule has 0 aliphatic carbocycles. The molecule has 0 atom stereocenters. The summed E-state index contributed by atoms with van der Waals surface area (Å²) in [5.74, 6) is -0.983. The van der Waals surface area contributed by atoms with Crippen molar-refractivity contribution in [1.82, 2.24) is 4.90 Å². The molecule has 0 saturated heterocycles. The maximum Gasteiger partial charge on any atom is 0.256 e. The molecule has 0 spiro atoms. The third-order valence-corrected chi connectivity index (χ3v) is 3.92. The van der Waals surface area contributed by atoms with E-state index in [1.54, 1.807) is 37.4 Å². The first-order valence-electron chi connectivity index (χ1n) is 6.03. The molecule has 21 heavy (non-hydrogen) atoms. The molecule has 0 aromatic heterocycles. The van der Waals surface area contributed by atoms with Crippen LogP contribution >= 0.6 is 39.1 Å². The Morgan fingerprint density at radius 2 is 1.86 bits per heavy atom. The normalized spacial score (nSPS) is 10.5. The minimum absolute atomic E-state index is 0.0139. The molecule has 0 aliphatic rings. The Hall–Kier alpha value is -1.10. The molecule has 0 fully saturated rings. The van der Waals surface area contributed by atoms with Crippen LogP contribution in [0.1, 0.15) is 15.9 Å². The molecule has 2 aromatic carbocycles. The van der Waals surface area contributed by atoms with Crippen molar-refractivity contribution in [1.29, 1.82) is 0 Å². The lowest BCUT2D eigenvalue weighted by Crippen LogP contribution is -2.27. The number of halogens is 4. The van der Waals surface area contributed by atoms with Gasteiger partial charge in [-0.1, -0.05) is 29.3 Å². The van der Waals surface area contributed by atoms with E-state index < -0.39 is 11.7 Å². The third kappa shape index (κ3) is 3.96. The second-order valence-corrected chi connectivity index (χ2v) is 6.27. The lowest BCUT2D eigenvalue weighted by Gasteiger charge is -2.18. The van der Waals surface area contributed by atoms with E-state index in [2.05, 4.69) is 15.9 Å². The number of benzene rings is 2. The Balaban J connectivity index is 2.21. The molecule has 0 unspecified atom stereocenters. The van der Waals surface area contributed by atoms with Crippen molar-refractivity contribution < 1.29 is 9.18 Å². The minimum atomic E-state index is -0.571. The van der Waals surface area contributed by atoms with E-state index in [1.807, 2.05) is 0 Å². The fraction of sp³-hybridized carbons (Fsp3) is 0.133. The Kier molecular flexibility index (Phi) is 5.25. The van der Waals surface area contributed by atoms with Gasteiger partial charge in [-0.05, 0) is 51.8 Å². The van der Waals surface area contributed by atoms with Gasteiger partial charge in [-0.25, -0.2) is 4.39 Å². The van der Waals surface area contributed by atoms with Gasteiger partial charge in [0, 0.05) is 23.6 Å². The van der Waals surface area contributed by atoms with Gasteiger partial charge in [-0.2, -0.15) is 0 Å². The lowest BCUT2D eigenvalue weighted by molar-refractivity contribution is 0.0780. The van der Waals surface area contributed by atoms with Crippen LogP contribution in [0.3, 0.4) is 0 Å². The maximum absolute atomic E-state index is 13.9. The van der Waals surface area contributed by atoms with Crippen LogP contribution in [0.25, 0.3) is 0 Å².